The molecule has 0 atom stereocenters. The number of nitrogen functional groups attached to an aromatic ring is 1. The molecule has 172 valence electrons. The van der Waals surface area contributed by atoms with Crippen LogP contribution in [0.5, 0.6) is 0 Å². The number of hydrogen-bond acceptors (Lipinski definition) is 6. The number of aromatic nitrogens is 1. The highest BCUT2D eigenvalue weighted by molar-refractivity contribution is 7.18. The molecule has 3 aromatic rings. The largest absolute Gasteiger partial charge is 0.382 e. The van der Waals surface area contributed by atoms with Crippen LogP contribution >= 0.6 is 22.9 Å². The number of benzene rings is 2. The normalized spacial score (nSPS) is 14.4. The maximum atomic E-state index is 14.0. The number of carbonyl (C=O) groups excluding carboxylic acids is 2. The summed E-state index contributed by atoms with van der Waals surface area (Å²) >= 11 is 6.69. The highest BCUT2D eigenvalue weighted by atomic mass is 35.5. The van der Waals surface area contributed by atoms with Crippen molar-refractivity contribution in [2.45, 2.75) is 18.9 Å². The van der Waals surface area contributed by atoms with E-state index in [9.17, 15) is 22.8 Å². The van der Waals surface area contributed by atoms with Crippen LogP contribution in [-0.4, -0.2) is 40.7 Å². The monoisotopic (exact) mass is 494 g/mol. The quantitative estimate of drug-likeness (QED) is 0.500. The molecule has 0 spiro atoms. The van der Waals surface area contributed by atoms with Gasteiger partial charge in [-0.2, -0.15) is 0 Å². The number of halogens is 4. The summed E-state index contributed by atoms with van der Waals surface area (Å²) < 4.78 is 41.3. The van der Waals surface area contributed by atoms with Crippen LogP contribution in [0.25, 0.3) is 0 Å². The van der Waals surface area contributed by atoms with Crippen molar-refractivity contribution in [1.29, 1.82) is 0 Å². The minimum atomic E-state index is -0.971. The smallest absolute Gasteiger partial charge is 0.253 e. The number of rotatable bonds is 5. The van der Waals surface area contributed by atoms with E-state index in [0.717, 1.165) is 29.5 Å². The van der Waals surface area contributed by atoms with E-state index >= 15 is 0 Å². The van der Waals surface area contributed by atoms with Crippen molar-refractivity contribution >= 4 is 45.6 Å². The Morgan fingerprint density at radius 3 is 2.39 bits per heavy atom. The molecule has 0 bridgehead atoms. The molecule has 4 rings (SSSR count). The van der Waals surface area contributed by atoms with Crippen molar-refractivity contribution < 1.29 is 22.8 Å². The second-order valence-electron chi connectivity index (χ2n) is 7.50. The molecule has 0 aliphatic carbocycles. The van der Waals surface area contributed by atoms with Crippen LogP contribution in [0.4, 0.5) is 24.1 Å². The predicted octanol–water partition coefficient (Wildman–Crippen LogP) is 4.74. The van der Waals surface area contributed by atoms with Crippen LogP contribution in [0.3, 0.4) is 0 Å². The van der Waals surface area contributed by atoms with E-state index in [-0.39, 0.29) is 27.7 Å². The van der Waals surface area contributed by atoms with E-state index in [2.05, 4.69) is 10.3 Å². The van der Waals surface area contributed by atoms with Gasteiger partial charge in [0.15, 0.2) is 5.13 Å². The van der Waals surface area contributed by atoms with E-state index in [1.54, 1.807) is 4.90 Å². The zero-order valence-electron chi connectivity index (χ0n) is 17.1. The minimum Gasteiger partial charge on any atom is -0.382 e. The van der Waals surface area contributed by atoms with Gasteiger partial charge in [0.05, 0.1) is 10.6 Å². The average molecular weight is 495 g/mol. The van der Waals surface area contributed by atoms with Gasteiger partial charge < -0.3 is 16.0 Å². The Morgan fingerprint density at radius 1 is 1.09 bits per heavy atom. The van der Waals surface area contributed by atoms with Gasteiger partial charge in [-0.15, -0.1) is 0 Å². The standard InChI is InChI=1S/C22H18ClF3N4O2S/c23-13-10-11(4-5-14(13)24)21(32)30-8-6-12(7-9-30)28-22-29-20(27)19(33-22)18(31)17-15(25)2-1-3-16(17)26/h1-5,10,12H,6-9,27H2,(H,28,29). The maximum absolute atomic E-state index is 14.0. The molecule has 0 saturated carbocycles. The molecular formula is C22H18ClF3N4O2S. The van der Waals surface area contributed by atoms with Crippen LogP contribution in [0.15, 0.2) is 36.4 Å². The van der Waals surface area contributed by atoms with Crippen LogP contribution in [-0.2, 0) is 0 Å². The van der Waals surface area contributed by atoms with Gasteiger partial charge in [-0.3, -0.25) is 9.59 Å². The summed E-state index contributed by atoms with van der Waals surface area (Å²) in [6, 6.07) is 6.98. The fraction of sp³-hybridized carbons (Fsp3) is 0.227. The average Bonchev–Trinajstić information content (AvgIpc) is 3.15. The second-order valence-corrected chi connectivity index (χ2v) is 8.91. The van der Waals surface area contributed by atoms with Crippen molar-refractivity contribution in [2.75, 3.05) is 24.1 Å². The van der Waals surface area contributed by atoms with Gasteiger partial charge in [0.1, 0.15) is 28.1 Å². The highest BCUT2D eigenvalue weighted by Crippen LogP contribution is 2.30. The van der Waals surface area contributed by atoms with Crippen LogP contribution in [0.2, 0.25) is 5.02 Å². The van der Waals surface area contributed by atoms with Gasteiger partial charge in [0.25, 0.3) is 5.91 Å². The number of likely N-dealkylation sites (tertiary alicyclic amines) is 1. The zero-order chi connectivity index (χ0) is 23.7. The summed E-state index contributed by atoms with van der Waals surface area (Å²) in [6.07, 6.45) is 1.18. The Hall–Kier alpha value is -3.11. The number of piperidine rings is 1. The number of nitrogens with zero attached hydrogens (tertiary/aromatic N) is 2. The first-order valence-corrected chi connectivity index (χ1v) is 11.2. The molecule has 2 heterocycles. The molecule has 1 aliphatic heterocycles. The second kappa shape index (κ2) is 9.40. The molecule has 1 aromatic heterocycles. The zero-order valence-corrected chi connectivity index (χ0v) is 18.7. The number of amides is 1. The van der Waals surface area contributed by atoms with Gasteiger partial charge in [-0.05, 0) is 43.2 Å². The first-order chi connectivity index (χ1) is 15.7. The lowest BCUT2D eigenvalue weighted by atomic mass is 10.0. The van der Waals surface area contributed by atoms with Gasteiger partial charge in [-0.1, -0.05) is 29.0 Å². The number of anilines is 2. The minimum absolute atomic E-state index is 0.0513. The molecule has 33 heavy (non-hydrogen) atoms. The van der Waals surface area contributed by atoms with E-state index in [4.69, 9.17) is 17.3 Å². The third-order valence-corrected chi connectivity index (χ3v) is 6.62. The predicted molar refractivity (Wildman–Crippen MR) is 120 cm³/mol. The maximum Gasteiger partial charge on any atom is 0.253 e. The van der Waals surface area contributed by atoms with Gasteiger partial charge in [0.2, 0.25) is 5.78 Å². The van der Waals surface area contributed by atoms with Crippen LogP contribution in [0.1, 0.15) is 38.4 Å². The third kappa shape index (κ3) is 4.81. The topological polar surface area (TPSA) is 88.3 Å². The van der Waals surface area contributed by atoms with Crippen molar-refractivity contribution in [3.8, 4) is 0 Å². The summed E-state index contributed by atoms with van der Waals surface area (Å²) in [4.78, 5) is 31.0. The fourth-order valence-electron chi connectivity index (χ4n) is 3.60. The lowest BCUT2D eigenvalue weighted by molar-refractivity contribution is 0.0718. The lowest BCUT2D eigenvalue weighted by Crippen LogP contribution is -2.42. The number of carbonyl (C=O) groups is 2. The van der Waals surface area contributed by atoms with E-state index in [1.165, 1.54) is 18.2 Å². The molecule has 6 nitrogen and oxygen atoms in total. The van der Waals surface area contributed by atoms with Gasteiger partial charge >= 0.3 is 0 Å². The summed E-state index contributed by atoms with van der Waals surface area (Å²) in [7, 11) is 0. The first kappa shape index (κ1) is 23.1. The molecule has 1 saturated heterocycles. The van der Waals surface area contributed by atoms with Crippen LogP contribution < -0.4 is 11.1 Å². The van der Waals surface area contributed by atoms with E-state index in [1.807, 2.05) is 0 Å². The SMILES string of the molecule is Nc1nc(NC2CCN(C(=O)c3ccc(F)c(Cl)c3)CC2)sc1C(=O)c1c(F)cccc1F. The Kier molecular flexibility index (Phi) is 6.57. The molecule has 0 radical (unpaired) electrons. The Morgan fingerprint density at radius 2 is 1.76 bits per heavy atom. The fourth-order valence-corrected chi connectivity index (χ4v) is 4.69. The molecule has 3 N–H and O–H groups in total. The molecule has 0 unspecified atom stereocenters. The van der Waals surface area contributed by atoms with E-state index < -0.39 is 28.8 Å². The molecule has 1 fully saturated rings. The Bertz CT molecular complexity index is 1210. The van der Waals surface area contributed by atoms with Crippen LogP contribution in [0, 0.1) is 17.5 Å². The van der Waals surface area contributed by atoms with Crippen molar-refractivity contribution in [1.82, 2.24) is 9.88 Å². The highest BCUT2D eigenvalue weighted by Gasteiger charge is 2.27. The Balaban J connectivity index is 1.40. The van der Waals surface area contributed by atoms with Crippen molar-refractivity contribution in [2.24, 2.45) is 0 Å². The lowest BCUT2D eigenvalue weighted by Gasteiger charge is -2.32. The third-order valence-electron chi connectivity index (χ3n) is 5.33. The molecule has 1 amide bonds. The summed E-state index contributed by atoms with van der Waals surface area (Å²) in [5.74, 6) is -3.75. The molecule has 1 aliphatic rings. The number of nitrogens with two attached hydrogens (primary N) is 1. The number of thiazole rings is 1. The summed E-state index contributed by atoms with van der Waals surface area (Å²) in [6.45, 7) is 0.886. The first-order valence-electron chi connectivity index (χ1n) is 10.0. The number of ketones is 1. The molecule has 11 heteroatoms. The Labute approximate surface area is 196 Å². The molecule has 2 aromatic carbocycles. The van der Waals surface area contributed by atoms with Gasteiger partial charge in [0, 0.05) is 24.7 Å². The van der Waals surface area contributed by atoms with Gasteiger partial charge in [-0.25, -0.2) is 18.2 Å². The molecular weight excluding hydrogens is 477 g/mol. The van der Waals surface area contributed by atoms with Crippen molar-refractivity contribution in [3.05, 3.63) is 74.9 Å². The van der Waals surface area contributed by atoms with Crippen molar-refractivity contribution in [3.63, 3.8) is 0 Å². The summed E-state index contributed by atoms with van der Waals surface area (Å²) in [5.41, 5.74) is 5.47. The summed E-state index contributed by atoms with van der Waals surface area (Å²) in [5, 5.41) is 3.41. The number of hydrogen-bond donors (Lipinski definition) is 2. The van der Waals surface area contributed by atoms with E-state index in [0.29, 0.717) is 36.6 Å². The number of nitrogens with one attached hydrogen (secondary N) is 1.